The van der Waals surface area contributed by atoms with Gasteiger partial charge in [-0.05, 0) is 36.4 Å². The summed E-state index contributed by atoms with van der Waals surface area (Å²) >= 11 is 0. The van der Waals surface area contributed by atoms with Crippen LogP contribution in [0, 0.1) is 0 Å². The zero-order chi connectivity index (χ0) is 21.6. The molecule has 1 saturated heterocycles. The number of piperazine rings is 1. The maximum absolute atomic E-state index is 12.2. The van der Waals surface area contributed by atoms with E-state index in [1.54, 1.807) is 31.5 Å². The van der Waals surface area contributed by atoms with E-state index in [1.807, 2.05) is 12.1 Å². The molecule has 4 rings (SSSR count). The van der Waals surface area contributed by atoms with E-state index in [9.17, 15) is 4.79 Å². The number of carbonyl (C=O) groups excluding carboxylic acids is 1. The quantitative estimate of drug-likeness (QED) is 0.510. The number of aromatic nitrogens is 3. The van der Waals surface area contributed by atoms with Crippen molar-refractivity contribution in [1.29, 1.82) is 0 Å². The highest BCUT2D eigenvalue weighted by Crippen LogP contribution is 2.28. The van der Waals surface area contributed by atoms with Gasteiger partial charge in [0.05, 0.1) is 7.11 Å². The van der Waals surface area contributed by atoms with E-state index in [2.05, 4.69) is 47.7 Å². The number of pyridine rings is 1. The van der Waals surface area contributed by atoms with Gasteiger partial charge in [0, 0.05) is 38.1 Å². The molecule has 0 aliphatic carbocycles. The number of nitrogens with zero attached hydrogens (tertiary/aromatic N) is 5. The Morgan fingerprint density at radius 1 is 1.00 bits per heavy atom. The average molecular weight is 420 g/mol. The summed E-state index contributed by atoms with van der Waals surface area (Å²) in [7, 11) is 1.66. The predicted octanol–water partition coefficient (Wildman–Crippen LogP) is 1.55. The Hall–Kier alpha value is -4.08. The summed E-state index contributed by atoms with van der Waals surface area (Å²) < 4.78 is 5.23. The predicted molar refractivity (Wildman–Crippen MR) is 119 cm³/mol. The second-order valence-corrected chi connectivity index (χ2v) is 6.93. The molecule has 0 bridgehead atoms. The maximum atomic E-state index is 12.2. The second-order valence-electron chi connectivity index (χ2n) is 6.93. The number of nitrogen functional groups attached to an aromatic ring is 1. The molecule has 2 aromatic heterocycles. The Labute approximate surface area is 180 Å². The minimum atomic E-state index is -0.381. The zero-order valence-corrected chi connectivity index (χ0v) is 17.2. The maximum Gasteiger partial charge on any atom is 0.288 e. The van der Waals surface area contributed by atoms with Crippen LogP contribution in [0.3, 0.4) is 0 Å². The van der Waals surface area contributed by atoms with Crippen molar-refractivity contribution in [2.24, 2.45) is 0 Å². The van der Waals surface area contributed by atoms with Crippen LogP contribution in [0.2, 0.25) is 0 Å². The van der Waals surface area contributed by atoms with E-state index in [-0.39, 0.29) is 11.6 Å². The third-order valence-corrected chi connectivity index (χ3v) is 5.07. The standard InChI is InChI=1S/C21H24N8O2/c1-31-16-7-5-15(6-8-16)28-10-12-29(13-11-28)20-18(22)19(24-14-25-20)26-27-21(30)17-4-2-3-9-23-17/h2-9,14H,10-13,22H2,1H3,(H,27,30)(H,24,25,26). The Balaban J connectivity index is 1.38. The van der Waals surface area contributed by atoms with Crippen molar-refractivity contribution >= 4 is 28.9 Å². The number of hydrazine groups is 1. The number of ether oxygens (including phenoxy) is 1. The van der Waals surface area contributed by atoms with Crippen molar-refractivity contribution in [1.82, 2.24) is 20.4 Å². The highest BCUT2D eigenvalue weighted by atomic mass is 16.5. The Morgan fingerprint density at radius 3 is 2.42 bits per heavy atom. The van der Waals surface area contributed by atoms with Crippen LogP contribution >= 0.6 is 0 Å². The first-order chi connectivity index (χ1) is 15.2. The lowest BCUT2D eigenvalue weighted by atomic mass is 10.2. The molecule has 1 aliphatic rings. The lowest BCUT2D eigenvalue weighted by Crippen LogP contribution is -2.47. The number of hydrogen-bond acceptors (Lipinski definition) is 9. The first kappa shape index (κ1) is 20.2. The Bertz CT molecular complexity index is 1020. The first-order valence-electron chi connectivity index (χ1n) is 9.87. The molecule has 3 heterocycles. The van der Waals surface area contributed by atoms with E-state index in [0.717, 1.165) is 37.6 Å². The number of anilines is 4. The largest absolute Gasteiger partial charge is 0.497 e. The summed E-state index contributed by atoms with van der Waals surface area (Å²) in [4.78, 5) is 29.1. The van der Waals surface area contributed by atoms with Crippen LogP contribution in [-0.4, -0.2) is 54.1 Å². The summed E-state index contributed by atoms with van der Waals surface area (Å²) in [5.41, 5.74) is 13.4. The summed E-state index contributed by atoms with van der Waals surface area (Å²) in [6.07, 6.45) is 2.98. The number of carbonyl (C=O) groups is 1. The molecule has 0 saturated carbocycles. The number of methoxy groups -OCH3 is 1. The third-order valence-electron chi connectivity index (χ3n) is 5.07. The number of rotatable bonds is 6. The van der Waals surface area contributed by atoms with Gasteiger partial charge in [-0.3, -0.25) is 20.6 Å². The fraction of sp³-hybridized carbons (Fsp3) is 0.238. The number of nitrogens with two attached hydrogens (primary N) is 1. The summed E-state index contributed by atoms with van der Waals surface area (Å²) in [5.74, 6) is 1.44. The molecule has 1 fully saturated rings. The molecule has 4 N–H and O–H groups in total. The molecule has 10 nitrogen and oxygen atoms in total. The van der Waals surface area contributed by atoms with Gasteiger partial charge in [0.15, 0.2) is 11.6 Å². The van der Waals surface area contributed by atoms with Crippen molar-refractivity contribution in [3.63, 3.8) is 0 Å². The van der Waals surface area contributed by atoms with E-state index in [4.69, 9.17) is 10.5 Å². The Kier molecular flexibility index (Phi) is 5.97. The Morgan fingerprint density at radius 2 is 1.74 bits per heavy atom. The van der Waals surface area contributed by atoms with Crippen molar-refractivity contribution in [3.05, 3.63) is 60.7 Å². The molecule has 10 heteroatoms. The van der Waals surface area contributed by atoms with Crippen LogP contribution in [-0.2, 0) is 0 Å². The molecule has 0 unspecified atom stereocenters. The molecule has 160 valence electrons. The van der Waals surface area contributed by atoms with Gasteiger partial charge in [0.1, 0.15) is 23.5 Å². The minimum absolute atomic E-state index is 0.289. The van der Waals surface area contributed by atoms with Crippen LogP contribution in [0.1, 0.15) is 10.5 Å². The average Bonchev–Trinajstić information content (AvgIpc) is 2.84. The molecule has 0 atom stereocenters. The van der Waals surface area contributed by atoms with Crippen LogP contribution in [0.5, 0.6) is 5.75 Å². The molecule has 1 aliphatic heterocycles. The van der Waals surface area contributed by atoms with Crippen molar-refractivity contribution < 1.29 is 9.53 Å². The van der Waals surface area contributed by atoms with E-state index < -0.39 is 0 Å². The fourth-order valence-electron chi connectivity index (χ4n) is 3.38. The van der Waals surface area contributed by atoms with Gasteiger partial charge >= 0.3 is 0 Å². The number of hydrogen-bond donors (Lipinski definition) is 3. The highest BCUT2D eigenvalue weighted by molar-refractivity contribution is 5.93. The van der Waals surface area contributed by atoms with Crippen LogP contribution < -0.4 is 31.1 Å². The number of benzene rings is 1. The van der Waals surface area contributed by atoms with Gasteiger partial charge in [-0.2, -0.15) is 0 Å². The molecular formula is C21H24N8O2. The highest BCUT2D eigenvalue weighted by Gasteiger charge is 2.22. The number of amides is 1. The molecule has 0 radical (unpaired) electrons. The smallest absolute Gasteiger partial charge is 0.288 e. The number of nitrogens with one attached hydrogen (secondary N) is 2. The van der Waals surface area contributed by atoms with E-state index in [1.165, 1.54) is 6.33 Å². The van der Waals surface area contributed by atoms with Crippen molar-refractivity contribution in [3.8, 4) is 5.75 Å². The molecule has 1 aromatic carbocycles. The van der Waals surface area contributed by atoms with Gasteiger partial charge < -0.3 is 20.3 Å². The topological polar surface area (TPSA) is 122 Å². The van der Waals surface area contributed by atoms with Crippen molar-refractivity contribution in [2.45, 2.75) is 0 Å². The van der Waals surface area contributed by atoms with Crippen LogP contribution in [0.15, 0.2) is 55.0 Å². The fourth-order valence-corrected chi connectivity index (χ4v) is 3.38. The molecular weight excluding hydrogens is 396 g/mol. The molecule has 0 spiro atoms. The molecule has 1 amide bonds. The third kappa shape index (κ3) is 4.58. The van der Waals surface area contributed by atoms with Gasteiger partial charge in [-0.1, -0.05) is 6.07 Å². The lowest BCUT2D eigenvalue weighted by Gasteiger charge is -2.37. The normalized spacial score (nSPS) is 13.6. The zero-order valence-electron chi connectivity index (χ0n) is 17.2. The van der Waals surface area contributed by atoms with Crippen LogP contribution in [0.25, 0.3) is 0 Å². The lowest BCUT2D eigenvalue weighted by molar-refractivity contribution is 0.0957. The summed E-state index contributed by atoms with van der Waals surface area (Å²) in [5, 5.41) is 0. The summed E-state index contributed by atoms with van der Waals surface area (Å²) in [6, 6.07) is 13.1. The van der Waals surface area contributed by atoms with Gasteiger partial charge in [-0.15, -0.1) is 0 Å². The SMILES string of the molecule is COc1ccc(N2CCN(c3ncnc(NNC(=O)c4ccccn4)c3N)CC2)cc1. The monoisotopic (exact) mass is 420 g/mol. The van der Waals surface area contributed by atoms with Gasteiger partial charge in [0.25, 0.3) is 5.91 Å². The minimum Gasteiger partial charge on any atom is -0.497 e. The van der Waals surface area contributed by atoms with E-state index in [0.29, 0.717) is 17.3 Å². The molecule has 31 heavy (non-hydrogen) atoms. The first-order valence-corrected chi connectivity index (χ1v) is 9.87. The van der Waals surface area contributed by atoms with E-state index >= 15 is 0 Å². The van der Waals surface area contributed by atoms with Gasteiger partial charge in [-0.25, -0.2) is 9.97 Å². The van der Waals surface area contributed by atoms with Crippen LogP contribution in [0.4, 0.5) is 23.0 Å². The summed E-state index contributed by atoms with van der Waals surface area (Å²) in [6.45, 7) is 3.17. The second kappa shape index (κ2) is 9.16. The van der Waals surface area contributed by atoms with Gasteiger partial charge in [0.2, 0.25) is 0 Å². The molecule has 3 aromatic rings. The van der Waals surface area contributed by atoms with Crippen molar-refractivity contribution in [2.75, 3.05) is 54.2 Å².